The van der Waals surface area contributed by atoms with Crippen molar-refractivity contribution in [3.05, 3.63) is 22.4 Å². The molecule has 0 unspecified atom stereocenters. The molecule has 8 nitrogen and oxygen atoms in total. The highest BCUT2D eigenvalue weighted by Crippen LogP contribution is 2.22. The first-order valence-electron chi connectivity index (χ1n) is 6.27. The Labute approximate surface area is 120 Å². The summed E-state index contributed by atoms with van der Waals surface area (Å²) >= 11 is 1.34. The molecular weight excluding hydrogens is 280 g/mol. The summed E-state index contributed by atoms with van der Waals surface area (Å²) in [5, 5.41) is 14.3. The first-order chi connectivity index (χ1) is 9.70. The highest BCUT2D eigenvalue weighted by atomic mass is 32.1. The monoisotopic (exact) mass is 296 g/mol. The number of tetrazole rings is 1. The van der Waals surface area contributed by atoms with Crippen LogP contribution >= 0.6 is 11.3 Å². The molecule has 0 fully saturated rings. The number of ether oxygens (including phenoxy) is 1. The zero-order valence-corrected chi connectivity index (χ0v) is 12.1. The van der Waals surface area contributed by atoms with Crippen molar-refractivity contribution in [1.82, 2.24) is 30.5 Å². The number of rotatable bonds is 7. The van der Waals surface area contributed by atoms with Gasteiger partial charge in [0.05, 0.1) is 12.7 Å². The van der Waals surface area contributed by atoms with Crippen LogP contribution in [0.15, 0.2) is 12.5 Å². The lowest BCUT2D eigenvalue weighted by molar-refractivity contribution is 0.0762. The Bertz CT molecular complexity index is 541. The number of nitrogens with zero attached hydrogens (tertiary/aromatic N) is 5. The Morgan fingerprint density at radius 3 is 3.15 bits per heavy atom. The predicted octanol–water partition coefficient (Wildman–Crippen LogP) is 0.657. The third-order valence-electron chi connectivity index (χ3n) is 2.53. The van der Waals surface area contributed by atoms with Crippen LogP contribution in [-0.2, 0) is 11.3 Å². The maximum atomic E-state index is 11.9. The van der Waals surface area contributed by atoms with Gasteiger partial charge in [-0.1, -0.05) is 0 Å². The third kappa shape index (κ3) is 3.81. The number of hydrogen-bond acceptors (Lipinski definition) is 7. The third-order valence-corrected chi connectivity index (χ3v) is 3.69. The van der Waals surface area contributed by atoms with Gasteiger partial charge < -0.3 is 10.1 Å². The van der Waals surface area contributed by atoms with Gasteiger partial charge >= 0.3 is 0 Å². The average molecular weight is 296 g/mol. The van der Waals surface area contributed by atoms with Crippen LogP contribution in [0.1, 0.15) is 34.6 Å². The normalized spacial score (nSPS) is 12.3. The van der Waals surface area contributed by atoms with Crippen molar-refractivity contribution < 1.29 is 9.53 Å². The molecule has 0 bridgehead atoms. The Balaban J connectivity index is 1.83. The van der Waals surface area contributed by atoms with Gasteiger partial charge in [0.15, 0.2) is 0 Å². The van der Waals surface area contributed by atoms with Crippen LogP contribution in [0.25, 0.3) is 0 Å². The molecule has 0 saturated carbocycles. The van der Waals surface area contributed by atoms with Crippen molar-refractivity contribution in [2.45, 2.75) is 26.5 Å². The maximum Gasteiger partial charge on any atom is 0.263 e. The molecule has 20 heavy (non-hydrogen) atoms. The minimum absolute atomic E-state index is 0.0900. The second-order valence-corrected chi connectivity index (χ2v) is 5.05. The lowest BCUT2D eigenvalue weighted by atomic mass is 10.4. The van der Waals surface area contributed by atoms with Crippen molar-refractivity contribution in [3.63, 3.8) is 0 Å². The molecular formula is C11H16N6O2S. The molecule has 0 saturated heterocycles. The second kappa shape index (κ2) is 7.06. The first kappa shape index (κ1) is 14.5. The van der Waals surface area contributed by atoms with E-state index in [1.807, 2.05) is 13.8 Å². The van der Waals surface area contributed by atoms with Crippen molar-refractivity contribution >= 4 is 17.2 Å². The summed E-state index contributed by atoms with van der Waals surface area (Å²) in [5.74, 6) is -0.148. The minimum Gasteiger partial charge on any atom is -0.372 e. The number of thiazole rings is 1. The Morgan fingerprint density at radius 1 is 1.60 bits per heavy atom. The molecule has 2 rings (SSSR count). The van der Waals surface area contributed by atoms with Gasteiger partial charge in [0.25, 0.3) is 5.91 Å². The summed E-state index contributed by atoms with van der Waals surface area (Å²) in [6.45, 7) is 5.45. The minimum atomic E-state index is -0.148. The maximum absolute atomic E-state index is 11.9. The molecule has 0 radical (unpaired) electrons. The Morgan fingerprint density at radius 2 is 2.45 bits per heavy atom. The summed E-state index contributed by atoms with van der Waals surface area (Å²) in [6.07, 6.45) is 2.98. The van der Waals surface area contributed by atoms with Gasteiger partial charge in [-0.05, 0) is 24.3 Å². The fourth-order valence-electron chi connectivity index (χ4n) is 1.56. The molecule has 0 aliphatic heterocycles. The average Bonchev–Trinajstić information content (AvgIpc) is 3.10. The molecule has 0 aromatic carbocycles. The van der Waals surface area contributed by atoms with E-state index in [2.05, 4.69) is 25.8 Å². The number of hydrogen-bond donors (Lipinski definition) is 1. The van der Waals surface area contributed by atoms with Crippen LogP contribution in [-0.4, -0.2) is 44.3 Å². The Kier molecular flexibility index (Phi) is 5.13. The molecule has 0 aliphatic carbocycles. The fourth-order valence-corrected chi connectivity index (χ4v) is 2.39. The molecule has 1 atom stereocenters. The highest BCUT2D eigenvalue weighted by molar-refractivity contribution is 7.13. The molecule has 0 spiro atoms. The van der Waals surface area contributed by atoms with Crippen molar-refractivity contribution in [3.8, 4) is 0 Å². The van der Waals surface area contributed by atoms with Gasteiger partial charge in [0.2, 0.25) is 0 Å². The molecule has 2 heterocycles. The summed E-state index contributed by atoms with van der Waals surface area (Å²) in [7, 11) is 0. The molecule has 1 N–H and O–H groups in total. The predicted molar refractivity (Wildman–Crippen MR) is 72.3 cm³/mol. The van der Waals surface area contributed by atoms with E-state index in [1.165, 1.54) is 17.7 Å². The fraction of sp³-hybridized carbons (Fsp3) is 0.545. The number of aromatic nitrogens is 5. The van der Waals surface area contributed by atoms with Gasteiger partial charge in [0, 0.05) is 13.2 Å². The van der Waals surface area contributed by atoms with Crippen molar-refractivity contribution in [2.75, 3.05) is 13.2 Å². The van der Waals surface area contributed by atoms with E-state index >= 15 is 0 Å². The van der Waals surface area contributed by atoms with Gasteiger partial charge in [-0.15, -0.1) is 16.4 Å². The van der Waals surface area contributed by atoms with E-state index in [1.54, 1.807) is 10.9 Å². The highest BCUT2D eigenvalue weighted by Gasteiger charge is 2.14. The zero-order chi connectivity index (χ0) is 14.4. The molecule has 0 aliphatic rings. The zero-order valence-electron chi connectivity index (χ0n) is 11.3. The molecule has 108 valence electrons. The van der Waals surface area contributed by atoms with Gasteiger partial charge in [0.1, 0.15) is 22.3 Å². The summed E-state index contributed by atoms with van der Waals surface area (Å²) in [6, 6.07) is 0. The van der Waals surface area contributed by atoms with Crippen LogP contribution in [0.5, 0.6) is 0 Å². The molecule has 1 amide bonds. The van der Waals surface area contributed by atoms with Crippen LogP contribution in [0.2, 0.25) is 0 Å². The smallest absolute Gasteiger partial charge is 0.263 e. The van der Waals surface area contributed by atoms with E-state index in [9.17, 15) is 4.79 Å². The van der Waals surface area contributed by atoms with Crippen molar-refractivity contribution in [2.24, 2.45) is 0 Å². The van der Waals surface area contributed by atoms with Crippen LogP contribution in [0.4, 0.5) is 0 Å². The van der Waals surface area contributed by atoms with E-state index < -0.39 is 0 Å². The molecule has 9 heteroatoms. The SMILES string of the molecule is CCO[C@@H](C)c1ncc(C(=O)NCCn2cnnn2)s1. The quantitative estimate of drug-likeness (QED) is 0.806. The summed E-state index contributed by atoms with van der Waals surface area (Å²) in [5.41, 5.74) is 0. The van der Waals surface area contributed by atoms with Crippen LogP contribution < -0.4 is 5.32 Å². The van der Waals surface area contributed by atoms with Gasteiger partial charge in [-0.2, -0.15) is 0 Å². The first-order valence-corrected chi connectivity index (χ1v) is 7.08. The standard InChI is InChI=1S/C11H16N6O2S/c1-3-19-8(2)11-13-6-9(20-11)10(18)12-4-5-17-7-14-15-16-17/h6-8H,3-5H2,1-2H3,(H,12,18)/t8-/m0/s1. The Hall–Kier alpha value is -1.87. The number of carbonyl (C=O) groups is 1. The van der Waals surface area contributed by atoms with E-state index in [0.29, 0.717) is 24.6 Å². The van der Waals surface area contributed by atoms with Gasteiger partial charge in [-0.25, -0.2) is 9.67 Å². The second-order valence-electron chi connectivity index (χ2n) is 3.99. The van der Waals surface area contributed by atoms with Crippen LogP contribution in [0, 0.1) is 0 Å². The summed E-state index contributed by atoms with van der Waals surface area (Å²) in [4.78, 5) is 16.7. The number of amides is 1. The van der Waals surface area contributed by atoms with Crippen LogP contribution in [0.3, 0.4) is 0 Å². The lowest BCUT2D eigenvalue weighted by Crippen LogP contribution is -2.26. The lowest BCUT2D eigenvalue weighted by Gasteiger charge is -2.06. The summed E-state index contributed by atoms with van der Waals surface area (Å²) < 4.78 is 6.99. The topological polar surface area (TPSA) is 94.8 Å². The number of carbonyl (C=O) groups excluding carboxylic acids is 1. The van der Waals surface area contributed by atoms with E-state index in [0.717, 1.165) is 5.01 Å². The molecule has 2 aromatic heterocycles. The van der Waals surface area contributed by atoms with Crippen molar-refractivity contribution in [1.29, 1.82) is 0 Å². The largest absolute Gasteiger partial charge is 0.372 e. The van der Waals surface area contributed by atoms with Gasteiger partial charge in [-0.3, -0.25) is 4.79 Å². The van der Waals surface area contributed by atoms with E-state index in [-0.39, 0.29) is 12.0 Å². The molecule has 2 aromatic rings. The number of nitrogens with one attached hydrogen (secondary N) is 1. The van der Waals surface area contributed by atoms with E-state index in [4.69, 9.17) is 4.74 Å².